The quantitative estimate of drug-likeness (QED) is 0.112. The Morgan fingerprint density at radius 3 is 2.44 bits per heavy atom. The molecule has 0 fully saturated rings. The molecule has 43 heavy (non-hydrogen) atoms. The maximum absolute atomic E-state index is 12.7. The van der Waals surface area contributed by atoms with Crippen molar-refractivity contribution >= 4 is 57.5 Å². The van der Waals surface area contributed by atoms with Crippen LogP contribution in [-0.4, -0.2) is 23.7 Å². The minimum absolute atomic E-state index is 0.347. The Kier molecular flexibility index (Phi) is 9.94. The molecule has 218 valence electrons. The van der Waals surface area contributed by atoms with Crippen LogP contribution < -0.4 is 20.2 Å². The van der Waals surface area contributed by atoms with Crippen molar-refractivity contribution in [3.05, 3.63) is 123 Å². The maximum Gasteiger partial charge on any atom is 0.271 e. The van der Waals surface area contributed by atoms with E-state index in [0.29, 0.717) is 45.9 Å². The molecule has 1 heterocycles. The van der Waals surface area contributed by atoms with Crippen LogP contribution in [0.25, 0.3) is 11.3 Å². The van der Waals surface area contributed by atoms with E-state index in [1.54, 1.807) is 24.3 Å². The monoisotopic (exact) mass is 630 g/mol. The zero-order valence-corrected chi connectivity index (χ0v) is 25.8. The number of carbonyl (C=O) groups is 1. The van der Waals surface area contributed by atoms with Crippen LogP contribution in [0, 0.1) is 6.92 Å². The predicted molar refractivity (Wildman–Crippen MR) is 175 cm³/mol. The number of hydrogen-bond acceptors (Lipinski definition) is 7. The lowest BCUT2D eigenvalue weighted by Crippen LogP contribution is -2.17. The number of hydrogen-bond donors (Lipinski definition) is 2. The highest BCUT2D eigenvalue weighted by Gasteiger charge is 2.13. The second-order valence-corrected chi connectivity index (χ2v) is 11.2. The van der Waals surface area contributed by atoms with E-state index >= 15 is 0 Å². The summed E-state index contributed by atoms with van der Waals surface area (Å²) in [5.74, 6) is 0.609. The number of halogens is 2. The van der Waals surface area contributed by atoms with E-state index in [0.717, 1.165) is 27.6 Å². The van der Waals surface area contributed by atoms with Gasteiger partial charge < -0.3 is 14.8 Å². The first-order valence-electron chi connectivity index (χ1n) is 13.4. The summed E-state index contributed by atoms with van der Waals surface area (Å²) in [6.45, 7) is 4.71. The third-order valence-corrected chi connectivity index (χ3v) is 7.55. The molecule has 0 aliphatic heterocycles. The summed E-state index contributed by atoms with van der Waals surface area (Å²) < 4.78 is 11.8. The summed E-state index contributed by atoms with van der Waals surface area (Å²) in [6.07, 6.45) is 1.51. The summed E-state index contributed by atoms with van der Waals surface area (Å²) in [5, 5.41) is 11.2. The van der Waals surface area contributed by atoms with Crippen LogP contribution in [0.15, 0.2) is 95.4 Å². The van der Waals surface area contributed by atoms with E-state index in [1.807, 2.05) is 79.9 Å². The zero-order valence-electron chi connectivity index (χ0n) is 23.4. The molecule has 0 aliphatic carbocycles. The van der Waals surface area contributed by atoms with Crippen molar-refractivity contribution in [1.29, 1.82) is 0 Å². The Morgan fingerprint density at radius 2 is 1.72 bits per heavy atom. The SMILES string of the molecule is CCOc1cc(/C=N\NC(=O)c2ccc(-c3csc(Nc4ccc(Cl)cc4)n3)cc2)cc(Cl)c1OCc1ccc(C)cc1. The van der Waals surface area contributed by atoms with E-state index in [1.165, 1.54) is 23.1 Å². The van der Waals surface area contributed by atoms with Crippen LogP contribution in [0.2, 0.25) is 10.0 Å². The van der Waals surface area contributed by atoms with Crippen LogP contribution in [0.1, 0.15) is 34.0 Å². The van der Waals surface area contributed by atoms with Crippen molar-refractivity contribution in [3.8, 4) is 22.8 Å². The summed E-state index contributed by atoms with van der Waals surface area (Å²) in [7, 11) is 0. The number of rotatable bonds is 11. The van der Waals surface area contributed by atoms with Crippen molar-refractivity contribution in [2.45, 2.75) is 20.5 Å². The second-order valence-electron chi connectivity index (χ2n) is 9.48. The van der Waals surface area contributed by atoms with Gasteiger partial charge in [-0.15, -0.1) is 11.3 Å². The number of amides is 1. The fourth-order valence-corrected chi connectivity index (χ4v) is 5.19. The fraction of sp³-hybridized carbons (Fsp3) is 0.121. The molecule has 4 aromatic carbocycles. The van der Waals surface area contributed by atoms with E-state index in [9.17, 15) is 4.79 Å². The lowest BCUT2D eigenvalue weighted by Gasteiger charge is -2.14. The molecule has 0 saturated heterocycles. The van der Waals surface area contributed by atoms with Gasteiger partial charge in [0.1, 0.15) is 6.61 Å². The average Bonchev–Trinajstić information content (AvgIpc) is 3.47. The predicted octanol–water partition coefficient (Wildman–Crippen LogP) is 8.91. The van der Waals surface area contributed by atoms with Gasteiger partial charge in [-0.1, -0.05) is 65.2 Å². The standard InChI is InChI=1S/C33H28Cl2N4O3S/c1-3-41-30-17-23(16-28(35)31(30)42-19-22-6-4-21(2)5-7-22)18-36-39-32(40)25-10-8-24(9-11-25)29-20-43-33(38-29)37-27-14-12-26(34)13-15-27/h4-18,20H,3,19H2,1-2H3,(H,37,38)(H,39,40)/b36-18-. The van der Waals surface area contributed by atoms with E-state index in [4.69, 9.17) is 32.7 Å². The normalized spacial score (nSPS) is 11.0. The average molecular weight is 632 g/mol. The molecule has 0 spiro atoms. The van der Waals surface area contributed by atoms with E-state index in [-0.39, 0.29) is 5.91 Å². The molecule has 5 rings (SSSR count). The zero-order chi connectivity index (χ0) is 30.2. The molecule has 1 amide bonds. The van der Waals surface area contributed by atoms with Crippen LogP contribution in [0.5, 0.6) is 11.5 Å². The molecule has 2 N–H and O–H groups in total. The first-order chi connectivity index (χ1) is 20.9. The summed E-state index contributed by atoms with van der Waals surface area (Å²) in [6, 6.07) is 26.2. The van der Waals surface area contributed by atoms with E-state index < -0.39 is 0 Å². The molecule has 0 bridgehead atoms. The van der Waals surface area contributed by atoms with Crippen LogP contribution in [0.3, 0.4) is 0 Å². The van der Waals surface area contributed by atoms with Crippen molar-refractivity contribution in [2.75, 3.05) is 11.9 Å². The lowest BCUT2D eigenvalue weighted by atomic mass is 10.1. The highest BCUT2D eigenvalue weighted by atomic mass is 35.5. The van der Waals surface area contributed by atoms with Gasteiger partial charge in [-0.2, -0.15) is 5.10 Å². The summed E-state index contributed by atoms with van der Waals surface area (Å²) in [5.41, 5.74) is 8.47. The minimum Gasteiger partial charge on any atom is -0.490 e. The van der Waals surface area contributed by atoms with Gasteiger partial charge >= 0.3 is 0 Å². The third kappa shape index (κ3) is 8.14. The van der Waals surface area contributed by atoms with Gasteiger partial charge in [0, 0.05) is 27.2 Å². The Bertz CT molecular complexity index is 1720. The number of thiazole rings is 1. The molecule has 0 unspecified atom stereocenters. The van der Waals surface area contributed by atoms with E-state index in [2.05, 4.69) is 20.8 Å². The van der Waals surface area contributed by atoms with Crippen LogP contribution in [0.4, 0.5) is 10.8 Å². The smallest absolute Gasteiger partial charge is 0.271 e. The third-order valence-electron chi connectivity index (χ3n) is 6.26. The second kappa shape index (κ2) is 14.2. The van der Waals surface area contributed by atoms with Gasteiger partial charge in [0.15, 0.2) is 16.6 Å². The molecule has 10 heteroatoms. The van der Waals surface area contributed by atoms with Crippen molar-refractivity contribution < 1.29 is 14.3 Å². The van der Waals surface area contributed by atoms with Gasteiger partial charge in [0.25, 0.3) is 5.91 Å². The van der Waals surface area contributed by atoms with Crippen molar-refractivity contribution in [2.24, 2.45) is 5.10 Å². The highest BCUT2D eigenvalue weighted by Crippen LogP contribution is 2.37. The van der Waals surface area contributed by atoms with Crippen molar-refractivity contribution in [3.63, 3.8) is 0 Å². The topological polar surface area (TPSA) is 84.8 Å². The fourth-order valence-electron chi connectivity index (χ4n) is 4.05. The Labute approximate surface area is 264 Å². The first kappa shape index (κ1) is 30.1. The molecule has 7 nitrogen and oxygen atoms in total. The summed E-state index contributed by atoms with van der Waals surface area (Å²) in [4.78, 5) is 17.4. The number of ether oxygens (including phenoxy) is 2. The molecule has 0 atom stereocenters. The van der Waals surface area contributed by atoms with Gasteiger partial charge in [-0.25, -0.2) is 10.4 Å². The molecule has 0 radical (unpaired) electrons. The largest absolute Gasteiger partial charge is 0.490 e. The van der Waals surface area contributed by atoms with Gasteiger partial charge in [-0.05, 0) is 73.5 Å². The maximum atomic E-state index is 12.7. The number of anilines is 2. The van der Waals surface area contributed by atoms with Gasteiger partial charge in [0.05, 0.1) is 23.5 Å². The number of nitrogens with one attached hydrogen (secondary N) is 2. The number of benzene rings is 4. The molecule has 1 aromatic heterocycles. The Balaban J connectivity index is 1.19. The Hall–Kier alpha value is -4.37. The summed E-state index contributed by atoms with van der Waals surface area (Å²) >= 11 is 14.0. The molecule has 0 saturated carbocycles. The minimum atomic E-state index is -0.347. The molecular formula is C33H28Cl2N4O3S. The molecule has 0 aliphatic rings. The first-order valence-corrected chi connectivity index (χ1v) is 15.1. The van der Waals surface area contributed by atoms with Crippen LogP contribution >= 0.6 is 34.5 Å². The van der Waals surface area contributed by atoms with Crippen LogP contribution in [-0.2, 0) is 6.61 Å². The molecule has 5 aromatic rings. The van der Waals surface area contributed by atoms with Crippen molar-refractivity contribution in [1.82, 2.24) is 10.4 Å². The Morgan fingerprint density at radius 1 is 0.977 bits per heavy atom. The number of aromatic nitrogens is 1. The number of hydrazone groups is 1. The number of carbonyl (C=O) groups excluding carboxylic acids is 1. The highest BCUT2D eigenvalue weighted by molar-refractivity contribution is 7.14. The number of nitrogens with zero attached hydrogens (tertiary/aromatic N) is 2. The lowest BCUT2D eigenvalue weighted by molar-refractivity contribution is 0.0955. The van der Waals surface area contributed by atoms with Gasteiger partial charge in [-0.3, -0.25) is 4.79 Å². The molecular weight excluding hydrogens is 603 g/mol. The number of aryl methyl sites for hydroxylation is 1. The van der Waals surface area contributed by atoms with Gasteiger partial charge in [0.2, 0.25) is 0 Å².